The van der Waals surface area contributed by atoms with Crippen molar-refractivity contribution in [3.63, 3.8) is 0 Å². The summed E-state index contributed by atoms with van der Waals surface area (Å²) in [6, 6.07) is 5.21. The van der Waals surface area contributed by atoms with Crippen molar-refractivity contribution in [3.05, 3.63) is 39.9 Å². The van der Waals surface area contributed by atoms with Crippen LogP contribution >= 0.6 is 0 Å². The molecule has 0 aliphatic heterocycles. The molecule has 1 N–H and O–H groups in total. The fraction of sp³-hybridized carbons (Fsp3) is 0.222. The monoisotopic (exact) mass is 211 g/mol. The summed E-state index contributed by atoms with van der Waals surface area (Å²) < 4.78 is 4.60. The molecule has 0 atom stereocenters. The zero-order valence-corrected chi connectivity index (χ0v) is 7.75. The summed E-state index contributed by atoms with van der Waals surface area (Å²) in [5.41, 5.74) is -0.0777. The number of hydrogen-bond donors (Lipinski definition) is 1. The van der Waals surface area contributed by atoms with E-state index in [0.29, 0.717) is 0 Å². The minimum absolute atomic E-state index is 0.0950. The van der Waals surface area contributed by atoms with Crippen LogP contribution in [0.15, 0.2) is 24.3 Å². The average Bonchev–Trinajstić information content (AvgIpc) is 2.26. The Labute approximate surface area is 85.2 Å². The van der Waals surface area contributed by atoms with Crippen molar-refractivity contribution >= 4 is 11.7 Å². The molecule has 15 heavy (non-hydrogen) atoms. The van der Waals surface area contributed by atoms with Crippen LogP contribution in [-0.4, -0.2) is 29.2 Å². The normalized spacial score (nSPS) is 9.67. The van der Waals surface area contributed by atoms with E-state index >= 15 is 0 Å². The maximum atomic E-state index is 11.2. The van der Waals surface area contributed by atoms with Gasteiger partial charge in [0, 0.05) is 12.1 Å². The number of non-ortho nitro benzene ring substituents is 1. The molecule has 0 heterocycles. The quantitative estimate of drug-likeness (QED) is 0.450. The Bertz CT molecular complexity index is 377. The molecule has 0 saturated heterocycles. The van der Waals surface area contributed by atoms with Crippen molar-refractivity contribution in [2.75, 3.05) is 13.2 Å². The molecule has 1 aromatic rings. The third-order valence-electron chi connectivity index (χ3n) is 1.62. The van der Waals surface area contributed by atoms with E-state index in [9.17, 15) is 14.9 Å². The van der Waals surface area contributed by atoms with Crippen molar-refractivity contribution in [1.29, 1.82) is 0 Å². The van der Waals surface area contributed by atoms with Gasteiger partial charge >= 0.3 is 5.97 Å². The lowest BCUT2D eigenvalue weighted by Gasteiger charge is -2.01. The maximum Gasteiger partial charge on any atom is 0.338 e. The molecule has 0 unspecified atom stereocenters. The van der Waals surface area contributed by atoms with Crippen molar-refractivity contribution in [1.82, 2.24) is 0 Å². The van der Waals surface area contributed by atoms with Crippen molar-refractivity contribution in [2.24, 2.45) is 0 Å². The topological polar surface area (TPSA) is 89.7 Å². The van der Waals surface area contributed by atoms with E-state index in [1.54, 1.807) is 0 Å². The minimum atomic E-state index is -0.687. The smallest absolute Gasteiger partial charge is 0.338 e. The van der Waals surface area contributed by atoms with Crippen LogP contribution in [0.4, 0.5) is 5.69 Å². The van der Waals surface area contributed by atoms with Crippen LogP contribution in [-0.2, 0) is 4.74 Å². The number of ether oxygens (including phenoxy) is 1. The first-order chi connectivity index (χ1) is 7.15. The number of aliphatic hydroxyl groups excluding tert-OH is 1. The van der Waals surface area contributed by atoms with E-state index in [1.165, 1.54) is 18.2 Å². The lowest BCUT2D eigenvalue weighted by molar-refractivity contribution is -0.384. The zero-order chi connectivity index (χ0) is 11.3. The standard InChI is InChI=1S/C9H9NO5/c11-4-5-15-9(12)7-2-1-3-8(6-7)10(13)14/h1-3,6,11H,4-5H2. The Balaban J connectivity index is 2.81. The Hall–Kier alpha value is -1.95. The summed E-state index contributed by atoms with van der Waals surface area (Å²) >= 11 is 0. The summed E-state index contributed by atoms with van der Waals surface area (Å²) in [5.74, 6) is -0.687. The Morgan fingerprint density at radius 1 is 1.53 bits per heavy atom. The molecular formula is C9H9NO5. The first-order valence-electron chi connectivity index (χ1n) is 4.17. The van der Waals surface area contributed by atoms with E-state index in [0.717, 1.165) is 6.07 Å². The lowest BCUT2D eigenvalue weighted by Crippen LogP contribution is -2.08. The van der Waals surface area contributed by atoms with Crippen LogP contribution in [0.5, 0.6) is 0 Å². The van der Waals surface area contributed by atoms with E-state index in [-0.39, 0.29) is 24.5 Å². The van der Waals surface area contributed by atoms with Gasteiger partial charge in [-0.25, -0.2) is 4.79 Å². The molecule has 0 aromatic heterocycles. The van der Waals surface area contributed by atoms with Crippen LogP contribution in [0.2, 0.25) is 0 Å². The fourth-order valence-corrected chi connectivity index (χ4v) is 0.968. The van der Waals surface area contributed by atoms with E-state index in [2.05, 4.69) is 4.74 Å². The molecule has 1 rings (SSSR count). The van der Waals surface area contributed by atoms with Gasteiger partial charge in [-0.05, 0) is 6.07 Å². The highest BCUT2D eigenvalue weighted by Crippen LogP contribution is 2.13. The summed E-state index contributed by atoms with van der Waals surface area (Å²) in [6.45, 7) is -0.401. The molecule has 0 radical (unpaired) electrons. The van der Waals surface area contributed by atoms with Gasteiger partial charge in [-0.3, -0.25) is 10.1 Å². The van der Waals surface area contributed by atoms with Crippen molar-refractivity contribution in [2.45, 2.75) is 0 Å². The van der Waals surface area contributed by atoms with Gasteiger partial charge in [0.1, 0.15) is 6.61 Å². The Morgan fingerprint density at radius 3 is 2.87 bits per heavy atom. The summed E-state index contributed by atoms with van der Waals surface area (Å²) in [5, 5.41) is 18.8. The minimum Gasteiger partial charge on any atom is -0.460 e. The van der Waals surface area contributed by atoms with Gasteiger partial charge in [0.05, 0.1) is 17.1 Å². The predicted molar refractivity (Wildman–Crippen MR) is 50.5 cm³/mol. The highest BCUT2D eigenvalue weighted by atomic mass is 16.6. The van der Waals surface area contributed by atoms with E-state index in [1.807, 2.05) is 0 Å². The molecule has 0 fully saturated rings. The van der Waals surface area contributed by atoms with Crippen molar-refractivity contribution in [3.8, 4) is 0 Å². The number of rotatable bonds is 4. The Kier molecular flexibility index (Phi) is 3.75. The third-order valence-corrected chi connectivity index (χ3v) is 1.62. The van der Waals surface area contributed by atoms with Crippen LogP contribution < -0.4 is 0 Å². The van der Waals surface area contributed by atoms with Crippen LogP contribution in [0, 0.1) is 10.1 Å². The van der Waals surface area contributed by atoms with Crippen LogP contribution in [0.25, 0.3) is 0 Å². The van der Waals surface area contributed by atoms with Crippen molar-refractivity contribution < 1.29 is 19.6 Å². The number of nitro benzene ring substituents is 1. The molecule has 6 heteroatoms. The van der Waals surface area contributed by atoms with Gasteiger partial charge in [0.25, 0.3) is 5.69 Å². The first kappa shape index (κ1) is 11.1. The van der Waals surface area contributed by atoms with E-state index < -0.39 is 10.9 Å². The molecule has 0 aliphatic rings. The summed E-state index contributed by atoms with van der Waals surface area (Å²) in [4.78, 5) is 21.0. The SMILES string of the molecule is O=C(OCCO)c1cccc([N+](=O)[O-])c1. The second kappa shape index (κ2) is 5.06. The zero-order valence-electron chi connectivity index (χ0n) is 7.75. The second-order valence-corrected chi connectivity index (χ2v) is 2.67. The molecular weight excluding hydrogens is 202 g/mol. The molecule has 0 aliphatic carbocycles. The third kappa shape index (κ3) is 3.03. The summed E-state index contributed by atoms with van der Waals surface area (Å²) in [7, 11) is 0. The highest BCUT2D eigenvalue weighted by molar-refractivity contribution is 5.90. The van der Waals surface area contributed by atoms with Crippen LogP contribution in [0.3, 0.4) is 0 Å². The molecule has 0 amide bonds. The highest BCUT2D eigenvalue weighted by Gasteiger charge is 2.11. The number of esters is 1. The number of hydrogen-bond acceptors (Lipinski definition) is 5. The van der Waals surface area contributed by atoms with Gasteiger partial charge < -0.3 is 9.84 Å². The van der Waals surface area contributed by atoms with Gasteiger partial charge in [-0.15, -0.1) is 0 Å². The number of nitrogens with zero attached hydrogens (tertiary/aromatic N) is 1. The predicted octanol–water partition coefficient (Wildman–Crippen LogP) is 0.744. The fourth-order valence-electron chi connectivity index (χ4n) is 0.968. The van der Waals surface area contributed by atoms with E-state index in [4.69, 9.17) is 5.11 Å². The molecule has 0 bridgehead atoms. The number of carbonyl (C=O) groups excluding carboxylic acids is 1. The van der Waals surface area contributed by atoms with Gasteiger partial charge in [-0.1, -0.05) is 6.07 Å². The average molecular weight is 211 g/mol. The van der Waals surface area contributed by atoms with Gasteiger partial charge in [0.15, 0.2) is 0 Å². The number of carbonyl (C=O) groups is 1. The largest absolute Gasteiger partial charge is 0.460 e. The lowest BCUT2D eigenvalue weighted by atomic mass is 10.2. The summed E-state index contributed by atoms with van der Waals surface area (Å²) in [6.07, 6.45) is 0. The number of benzene rings is 1. The molecule has 1 aromatic carbocycles. The van der Waals surface area contributed by atoms with Gasteiger partial charge in [0.2, 0.25) is 0 Å². The number of aliphatic hydroxyl groups is 1. The first-order valence-corrected chi connectivity index (χ1v) is 4.17. The maximum absolute atomic E-state index is 11.2. The molecule has 0 spiro atoms. The number of nitro groups is 1. The van der Waals surface area contributed by atoms with Crippen LogP contribution in [0.1, 0.15) is 10.4 Å². The molecule has 6 nitrogen and oxygen atoms in total. The van der Waals surface area contributed by atoms with Gasteiger partial charge in [-0.2, -0.15) is 0 Å². The molecule has 80 valence electrons. The molecule has 0 saturated carbocycles. The Morgan fingerprint density at radius 2 is 2.27 bits per heavy atom. The second-order valence-electron chi connectivity index (χ2n) is 2.67.